The summed E-state index contributed by atoms with van der Waals surface area (Å²) >= 11 is 0. The number of hydrogen-bond acceptors (Lipinski definition) is 7. The van der Waals surface area contributed by atoms with Gasteiger partial charge in [-0.05, 0) is 48.0 Å². The van der Waals surface area contributed by atoms with Gasteiger partial charge in [-0.1, -0.05) is 23.4 Å². The van der Waals surface area contributed by atoms with Crippen molar-refractivity contribution in [1.82, 2.24) is 30.3 Å². The molecule has 3 heterocycles. The number of carbonyl (C=O) groups excluding carboxylic acids is 2. The second kappa shape index (κ2) is 9.02. The van der Waals surface area contributed by atoms with Crippen LogP contribution in [-0.4, -0.2) is 44.1 Å². The van der Waals surface area contributed by atoms with Crippen LogP contribution in [0, 0.1) is 5.82 Å². The predicted molar refractivity (Wildman–Crippen MR) is 121 cm³/mol. The summed E-state index contributed by atoms with van der Waals surface area (Å²) in [5, 5.41) is 11.7. The minimum absolute atomic E-state index is 0.170. The number of rotatable bonds is 7. The highest BCUT2D eigenvalue weighted by Gasteiger charge is 2.15. The molecule has 0 aliphatic heterocycles. The van der Waals surface area contributed by atoms with Gasteiger partial charge in [0.05, 0.1) is 23.3 Å². The van der Waals surface area contributed by atoms with Gasteiger partial charge in [-0.3, -0.25) is 14.6 Å². The second-order valence-electron chi connectivity index (χ2n) is 7.42. The highest BCUT2D eigenvalue weighted by molar-refractivity contribution is 5.95. The van der Waals surface area contributed by atoms with E-state index in [1.165, 1.54) is 12.1 Å². The summed E-state index contributed by atoms with van der Waals surface area (Å²) in [7, 11) is 0. The summed E-state index contributed by atoms with van der Waals surface area (Å²) in [5.41, 5.74) is 3.91. The fourth-order valence-electron chi connectivity index (χ4n) is 3.61. The van der Waals surface area contributed by atoms with Crippen molar-refractivity contribution >= 4 is 34.4 Å². The van der Waals surface area contributed by atoms with E-state index in [0.29, 0.717) is 29.0 Å². The molecule has 5 rings (SSSR count). The van der Waals surface area contributed by atoms with Gasteiger partial charge in [0.1, 0.15) is 11.3 Å². The molecule has 1 amide bonds. The fourth-order valence-corrected chi connectivity index (χ4v) is 3.61. The van der Waals surface area contributed by atoms with E-state index in [1.54, 1.807) is 29.1 Å². The molecule has 0 saturated heterocycles. The van der Waals surface area contributed by atoms with E-state index in [4.69, 9.17) is 0 Å². The van der Waals surface area contributed by atoms with E-state index >= 15 is 0 Å². The maximum absolute atomic E-state index is 14.6. The van der Waals surface area contributed by atoms with Crippen LogP contribution in [0.2, 0.25) is 0 Å². The van der Waals surface area contributed by atoms with Crippen LogP contribution < -0.4 is 5.32 Å². The molecular formula is C24H17FN6O3. The molecule has 10 heteroatoms. The molecule has 0 aliphatic rings. The maximum Gasteiger partial charge on any atom is 0.294 e. The number of fused-ring (bicyclic) bond motifs is 2. The smallest absolute Gasteiger partial charge is 0.294 e. The molecule has 0 unspecified atom stereocenters. The molecule has 5 aromatic rings. The Hall–Kier alpha value is -4.73. The van der Waals surface area contributed by atoms with E-state index in [-0.39, 0.29) is 18.8 Å². The molecule has 0 bridgehead atoms. The highest BCUT2D eigenvalue weighted by atomic mass is 19.1. The van der Waals surface area contributed by atoms with Crippen molar-refractivity contribution in [2.24, 2.45) is 0 Å². The Morgan fingerprint density at radius 2 is 1.97 bits per heavy atom. The van der Waals surface area contributed by atoms with Crippen molar-refractivity contribution in [3.63, 3.8) is 0 Å². The van der Waals surface area contributed by atoms with E-state index in [1.807, 2.05) is 30.3 Å². The molecule has 0 atom stereocenters. The molecule has 9 nitrogen and oxygen atoms in total. The molecule has 0 aliphatic carbocycles. The number of ether oxygens (including phenoxy) is 1. The normalized spacial score (nSPS) is 11.0. The van der Waals surface area contributed by atoms with Crippen molar-refractivity contribution in [3.8, 4) is 11.3 Å². The van der Waals surface area contributed by atoms with Crippen molar-refractivity contribution in [2.45, 2.75) is 6.54 Å². The van der Waals surface area contributed by atoms with Gasteiger partial charge in [0, 0.05) is 17.1 Å². The van der Waals surface area contributed by atoms with Crippen LogP contribution in [0.15, 0.2) is 66.9 Å². The van der Waals surface area contributed by atoms with Crippen LogP contribution in [0.25, 0.3) is 33.3 Å². The highest BCUT2D eigenvalue weighted by Crippen LogP contribution is 2.23. The predicted octanol–water partition coefficient (Wildman–Crippen LogP) is 3.09. The Morgan fingerprint density at radius 1 is 1.09 bits per heavy atom. The Morgan fingerprint density at radius 3 is 2.82 bits per heavy atom. The lowest BCUT2D eigenvalue weighted by Gasteiger charge is -2.08. The first-order chi connectivity index (χ1) is 16.6. The van der Waals surface area contributed by atoms with Crippen LogP contribution in [0.5, 0.6) is 0 Å². The maximum atomic E-state index is 14.6. The molecule has 0 fully saturated rings. The van der Waals surface area contributed by atoms with Gasteiger partial charge in [0.15, 0.2) is 12.4 Å². The van der Waals surface area contributed by atoms with E-state index in [9.17, 15) is 14.0 Å². The summed E-state index contributed by atoms with van der Waals surface area (Å²) in [4.78, 5) is 31.2. The summed E-state index contributed by atoms with van der Waals surface area (Å²) in [6.07, 6.45) is 1.75. The van der Waals surface area contributed by atoms with Gasteiger partial charge in [-0.25, -0.2) is 14.1 Å². The third-order valence-electron chi connectivity index (χ3n) is 5.25. The minimum atomic E-state index is -0.723. The van der Waals surface area contributed by atoms with Crippen molar-refractivity contribution in [1.29, 1.82) is 0 Å². The zero-order valence-electron chi connectivity index (χ0n) is 17.7. The van der Waals surface area contributed by atoms with Crippen molar-refractivity contribution in [3.05, 3.63) is 83.8 Å². The van der Waals surface area contributed by atoms with Gasteiger partial charge in [0.2, 0.25) is 0 Å². The molecule has 0 spiro atoms. The molecule has 0 saturated carbocycles. The van der Waals surface area contributed by atoms with Gasteiger partial charge in [-0.2, -0.15) is 0 Å². The number of amides is 1. The first kappa shape index (κ1) is 21.1. The fraction of sp³-hybridized carbons (Fsp3) is 0.0833. The van der Waals surface area contributed by atoms with Crippen molar-refractivity contribution in [2.75, 3.05) is 6.73 Å². The Balaban J connectivity index is 1.42. The molecule has 34 heavy (non-hydrogen) atoms. The zero-order chi connectivity index (χ0) is 23.5. The number of hydrogen-bond donors (Lipinski definition) is 1. The van der Waals surface area contributed by atoms with Crippen LogP contribution in [-0.2, 0) is 16.1 Å². The zero-order valence-corrected chi connectivity index (χ0v) is 17.7. The van der Waals surface area contributed by atoms with Crippen molar-refractivity contribution < 1.29 is 18.7 Å². The first-order valence-corrected chi connectivity index (χ1v) is 10.3. The number of pyridine rings is 2. The molecule has 2 aromatic carbocycles. The first-order valence-electron chi connectivity index (χ1n) is 10.3. The largest absolute Gasteiger partial charge is 0.447 e. The molecule has 168 valence electrons. The SMILES string of the molecule is O=COCNC(=O)c1ccc(-c2ccc3nnn(Cc4ccc5ncccc5c4)c3n2)cc1F. The van der Waals surface area contributed by atoms with Crippen LogP contribution >= 0.6 is 0 Å². The van der Waals surface area contributed by atoms with Gasteiger partial charge in [-0.15, -0.1) is 5.10 Å². The molecule has 1 N–H and O–H groups in total. The summed E-state index contributed by atoms with van der Waals surface area (Å²) < 4.78 is 20.7. The van der Waals surface area contributed by atoms with Gasteiger partial charge < -0.3 is 10.1 Å². The topological polar surface area (TPSA) is 112 Å². The van der Waals surface area contributed by atoms with E-state index in [2.05, 4.69) is 30.3 Å². The number of nitrogens with one attached hydrogen (secondary N) is 1. The van der Waals surface area contributed by atoms with Crippen LogP contribution in [0.4, 0.5) is 4.39 Å². The third-order valence-corrected chi connectivity index (χ3v) is 5.25. The quantitative estimate of drug-likeness (QED) is 0.228. The second-order valence-corrected chi connectivity index (χ2v) is 7.42. The number of nitrogens with zero attached hydrogens (tertiary/aromatic N) is 5. The van der Waals surface area contributed by atoms with Crippen LogP contribution in [0.3, 0.4) is 0 Å². The summed E-state index contributed by atoms with van der Waals surface area (Å²) in [6.45, 7) is 0.304. The lowest BCUT2D eigenvalue weighted by molar-refractivity contribution is -0.129. The van der Waals surface area contributed by atoms with E-state index in [0.717, 1.165) is 16.5 Å². The monoisotopic (exact) mass is 456 g/mol. The Kier molecular flexibility index (Phi) is 5.61. The number of halogens is 1. The molecule has 0 radical (unpaired) electrons. The lowest BCUT2D eigenvalue weighted by Crippen LogP contribution is -2.26. The lowest BCUT2D eigenvalue weighted by atomic mass is 10.1. The van der Waals surface area contributed by atoms with Crippen LogP contribution in [0.1, 0.15) is 15.9 Å². The average molecular weight is 456 g/mol. The average Bonchev–Trinajstić information content (AvgIpc) is 3.26. The number of benzene rings is 2. The number of aromatic nitrogens is 5. The van der Waals surface area contributed by atoms with Gasteiger partial charge >= 0.3 is 0 Å². The van der Waals surface area contributed by atoms with E-state index < -0.39 is 11.7 Å². The standard InChI is InChI=1S/C24H17FN6O3/c25-19-11-17(4-5-18(19)24(33)27-13-34-14-32)21-7-8-22-23(28-21)31(30-29-22)12-15-3-6-20-16(10-15)2-1-9-26-20/h1-11,14H,12-13H2,(H,27,33). The number of carbonyl (C=O) groups is 2. The summed E-state index contributed by atoms with van der Waals surface area (Å²) in [5.74, 6) is -1.42. The molecule has 3 aromatic heterocycles. The molecular weight excluding hydrogens is 439 g/mol. The Bertz CT molecular complexity index is 1530. The summed E-state index contributed by atoms with van der Waals surface area (Å²) in [6, 6.07) is 17.5. The third kappa shape index (κ3) is 4.16. The Labute approximate surface area is 192 Å². The van der Waals surface area contributed by atoms with Gasteiger partial charge in [0.25, 0.3) is 12.4 Å². The minimum Gasteiger partial charge on any atom is -0.447 e.